The predicted octanol–water partition coefficient (Wildman–Crippen LogP) is 3.80. The van der Waals surface area contributed by atoms with Crippen LogP contribution in [0.4, 0.5) is 16.3 Å². The summed E-state index contributed by atoms with van der Waals surface area (Å²) in [6.45, 7) is 0.453. The third kappa shape index (κ3) is 5.08. The van der Waals surface area contributed by atoms with Crippen molar-refractivity contribution in [1.82, 2.24) is 30.6 Å². The molecule has 156 valence electrons. The van der Waals surface area contributed by atoms with Gasteiger partial charge >= 0.3 is 6.03 Å². The van der Waals surface area contributed by atoms with Crippen LogP contribution in [-0.4, -0.2) is 43.2 Å². The van der Waals surface area contributed by atoms with Crippen molar-refractivity contribution in [2.45, 2.75) is 19.3 Å². The van der Waals surface area contributed by atoms with Crippen LogP contribution in [0.5, 0.6) is 0 Å². The summed E-state index contributed by atoms with van der Waals surface area (Å²) in [7, 11) is 0. The zero-order valence-electron chi connectivity index (χ0n) is 16.2. The van der Waals surface area contributed by atoms with Crippen molar-refractivity contribution in [1.29, 1.82) is 5.26 Å². The molecule has 0 atom stereocenters. The predicted molar refractivity (Wildman–Crippen MR) is 119 cm³/mol. The van der Waals surface area contributed by atoms with Crippen LogP contribution in [0, 0.1) is 15.3 Å². The average Bonchev–Trinajstić information content (AvgIpc) is 3.42. The fourth-order valence-corrected chi connectivity index (χ4v) is 4.01. The molecule has 0 radical (unpaired) electrons. The van der Waals surface area contributed by atoms with Crippen LogP contribution in [-0.2, 0) is 6.42 Å². The first-order chi connectivity index (χ1) is 15.1. The molecule has 0 aliphatic carbocycles. The smallest absolute Gasteiger partial charge is 0.327 e. The van der Waals surface area contributed by atoms with E-state index in [9.17, 15) is 4.79 Å². The number of urea groups is 1. The fourth-order valence-electron chi connectivity index (χ4n) is 2.96. The van der Waals surface area contributed by atoms with Crippen LogP contribution in [0.3, 0.4) is 0 Å². The van der Waals surface area contributed by atoms with Crippen LogP contribution in [0.2, 0.25) is 0 Å². The first kappa shape index (κ1) is 20.6. The summed E-state index contributed by atoms with van der Waals surface area (Å²) >= 11 is 6.56. The number of nitrogens with zero attached hydrogens (tertiary/aromatic N) is 6. The monoisotopic (exact) mass is 451 g/mol. The van der Waals surface area contributed by atoms with Crippen molar-refractivity contribution in [2.24, 2.45) is 0 Å². The van der Waals surface area contributed by atoms with E-state index in [1.807, 2.05) is 6.07 Å². The SMILES string of the molecule is N#Cc1ccc(NC(=O)N(CCCCc2nn[nH]n2)c2ccc3[nH]c(=S)sc3n2)cc1. The molecule has 0 saturated carbocycles. The van der Waals surface area contributed by atoms with Gasteiger partial charge in [-0.3, -0.25) is 4.90 Å². The molecule has 3 heterocycles. The highest BCUT2D eigenvalue weighted by Crippen LogP contribution is 2.23. The van der Waals surface area contributed by atoms with Gasteiger partial charge in [-0.1, -0.05) is 16.6 Å². The minimum atomic E-state index is -0.310. The van der Waals surface area contributed by atoms with E-state index >= 15 is 0 Å². The molecule has 3 N–H and O–H groups in total. The topological polar surface area (TPSA) is 139 Å². The summed E-state index contributed by atoms with van der Waals surface area (Å²) in [5.74, 6) is 1.17. The van der Waals surface area contributed by atoms with E-state index < -0.39 is 0 Å². The van der Waals surface area contributed by atoms with Crippen molar-refractivity contribution < 1.29 is 4.79 Å². The second kappa shape index (κ2) is 9.41. The molecule has 0 bridgehead atoms. The number of aromatic nitrogens is 6. The number of aryl methyl sites for hydroxylation is 1. The minimum Gasteiger partial charge on any atom is -0.336 e. The number of nitriles is 1. The first-order valence-electron chi connectivity index (χ1n) is 9.43. The average molecular weight is 452 g/mol. The Balaban J connectivity index is 1.51. The van der Waals surface area contributed by atoms with Gasteiger partial charge in [0, 0.05) is 18.7 Å². The van der Waals surface area contributed by atoms with Gasteiger partial charge < -0.3 is 10.3 Å². The number of unbranched alkanes of at least 4 members (excludes halogenated alkanes) is 1. The molecule has 0 aliphatic heterocycles. The second-order valence-corrected chi connectivity index (χ2v) is 8.26. The lowest BCUT2D eigenvalue weighted by molar-refractivity contribution is 0.256. The van der Waals surface area contributed by atoms with Crippen molar-refractivity contribution in [2.75, 3.05) is 16.8 Å². The van der Waals surface area contributed by atoms with Crippen molar-refractivity contribution in [3.05, 3.63) is 51.7 Å². The Kier molecular flexibility index (Phi) is 6.25. The summed E-state index contributed by atoms with van der Waals surface area (Å²) in [4.78, 5) is 23.1. The Morgan fingerprint density at radius 1 is 1.23 bits per heavy atom. The van der Waals surface area contributed by atoms with E-state index in [1.165, 1.54) is 11.3 Å². The number of benzene rings is 1. The highest BCUT2D eigenvalue weighted by atomic mass is 32.1. The van der Waals surface area contributed by atoms with Crippen LogP contribution in [0.1, 0.15) is 24.2 Å². The Hall–Kier alpha value is -3.69. The van der Waals surface area contributed by atoms with Crippen molar-refractivity contribution >= 4 is 51.4 Å². The Bertz CT molecular complexity index is 1270. The van der Waals surface area contributed by atoms with Gasteiger partial charge in [-0.2, -0.15) is 10.5 Å². The number of aromatic amines is 2. The number of pyridine rings is 1. The van der Waals surface area contributed by atoms with Gasteiger partial charge in [0.15, 0.2) is 9.78 Å². The molecule has 10 nitrogen and oxygen atoms in total. The molecule has 0 unspecified atom stereocenters. The van der Waals surface area contributed by atoms with E-state index in [-0.39, 0.29) is 6.03 Å². The zero-order valence-corrected chi connectivity index (χ0v) is 17.8. The van der Waals surface area contributed by atoms with Crippen LogP contribution >= 0.6 is 23.6 Å². The quantitative estimate of drug-likeness (QED) is 0.287. The number of amides is 2. The number of tetrazole rings is 1. The maximum atomic E-state index is 13.1. The first-order valence-corrected chi connectivity index (χ1v) is 10.7. The van der Waals surface area contributed by atoms with Gasteiger partial charge in [-0.05, 0) is 61.5 Å². The highest BCUT2D eigenvalue weighted by molar-refractivity contribution is 7.73. The van der Waals surface area contributed by atoms with Gasteiger partial charge in [0.1, 0.15) is 10.6 Å². The lowest BCUT2D eigenvalue weighted by atomic mass is 10.2. The van der Waals surface area contributed by atoms with E-state index in [2.05, 4.69) is 42.0 Å². The molecule has 0 fully saturated rings. The van der Waals surface area contributed by atoms with E-state index in [4.69, 9.17) is 17.5 Å². The molecule has 4 rings (SSSR count). The fraction of sp³-hybridized carbons (Fsp3) is 0.211. The molecule has 4 aromatic rings. The second-order valence-electron chi connectivity index (χ2n) is 6.59. The molecule has 2 amide bonds. The Morgan fingerprint density at radius 2 is 2.06 bits per heavy atom. The largest absolute Gasteiger partial charge is 0.336 e. The summed E-state index contributed by atoms with van der Waals surface area (Å²) in [5.41, 5.74) is 1.96. The van der Waals surface area contributed by atoms with E-state index in [0.29, 0.717) is 39.8 Å². The molecule has 0 saturated heterocycles. The third-order valence-electron chi connectivity index (χ3n) is 4.48. The zero-order chi connectivity index (χ0) is 21.6. The molecule has 12 heteroatoms. The van der Waals surface area contributed by atoms with E-state index in [1.54, 1.807) is 35.2 Å². The molecule has 0 spiro atoms. The summed E-state index contributed by atoms with van der Waals surface area (Å²) in [5, 5.41) is 25.7. The number of fused-ring (bicyclic) bond motifs is 1. The third-order valence-corrected chi connectivity index (χ3v) is 5.62. The number of H-pyrrole nitrogens is 2. The number of anilines is 2. The Labute approximate surface area is 185 Å². The Morgan fingerprint density at radius 3 is 2.81 bits per heavy atom. The van der Waals surface area contributed by atoms with Crippen molar-refractivity contribution in [3.63, 3.8) is 0 Å². The molecule has 3 aromatic heterocycles. The number of thiazole rings is 1. The number of nitrogens with one attached hydrogen (secondary N) is 3. The highest BCUT2D eigenvalue weighted by Gasteiger charge is 2.18. The molecule has 0 aliphatic rings. The lowest BCUT2D eigenvalue weighted by Crippen LogP contribution is -2.36. The summed E-state index contributed by atoms with van der Waals surface area (Å²) in [6.07, 6.45) is 2.16. The van der Waals surface area contributed by atoms with Crippen LogP contribution < -0.4 is 10.2 Å². The maximum Gasteiger partial charge on any atom is 0.327 e. The van der Waals surface area contributed by atoms with Crippen molar-refractivity contribution in [3.8, 4) is 6.07 Å². The maximum absolute atomic E-state index is 13.1. The summed E-state index contributed by atoms with van der Waals surface area (Å²) < 4.78 is 0.633. The van der Waals surface area contributed by atoms with Gasteiger partial charge in [-0.25, -0.2) is 9.78 Å². The molecule has 31 heavy (non-hydrogen) atoms. The molecular weight excluding hydrogens is 434 g/mol. The van der Waals surface area contributed by atoms with Gasteiger partial charge in [0.2, 0.25) is 0 Å². The number of hydrogen-bond acceptors (Lipinski definition) is 8. The number of hydrogen-bond donors (Lipinski definition) is 3. The minimum absolute atomic E-state index is 0.310. The van der Waals surface area contributed by atoms with Gasteiger partial charge in [0.05, 0.1) is 17.1 Å². The molecular formula is C19H17N9OS2. The van der Waals surface area contributed by atoms with Crippen LogP contribution in [0.15, 0.2) is 36.4 Å². The number of carbonyl (C=O) groups excluding carboxylic acids is 1. The van der Waals surface area contributed by atoms with Crippen LogP contribution in [0.25, 0.3) is 10.3 Å². The number of carbonyl (C=O) groups is 1. The lowest BCUT2D eigenvalue weighted by Gasteiger charge is -2.22. The van der Waals surface area contributed by atoms with Gasteiger partial charge in [-0.15, -0.1) is 10.2 Å². The normalized spacial score (nSPS) is 10.7. The number of rotatable bonds is 7. The van der Waals surface area contributed by atoms with Gasteiger partial charge in [0.25, 0.3) is 0 Å². The molecule has 1 aromatic carbocycles. The van der Waals surface area contributed by atoms with E-state index in [0.717, 1.165) is 23.2 Å². The standard InChI is InChI=1S/C19H17N9OS2/c20-11-12-4-6-13(7-5-12)21-18(29)28(10-2-1-3-15-24-26-27-25-15)16-9-8-14-17(23-16)31-19(30)22-14/h4-9H,1-3,10H2,(H,21,29)(H,22,30)(H,24,25,26,27). The summed E-state index contributed by atoms with van der Waals surface area (Å²) in [6, 6.07) is 12.1.